The van der Waals surface area contributed by atoms with Crippen LogP contribution in [0.15, 0.2) is 84.1 Å². The van der Waals surface area contributed by atoms with Gasteiger partial charge < -0.3 is 21.1 Å². The number of nitrogens with two attached hydrogens (primary N) is 1. The van der Waals surface area contributed by atoms with Gasteiger partial charge in [-0.1, -0.05) is 24.3 Å². The highest BCUT2D eigenvalue weighted by Crippen LogP contribution is 2.23. The molecule has 1 heterocycles. The lowest BCUT2D eigenvalue weighted by Crippen LogP contribution is -2.25. The lowest BCUT2D eigenvalue weighted by molar-refractivity contribution is -0.114. The van der Waals surface area contributed by atoms with E-state index in [0.717, 1.165) is 5.75 Å². The van der Waals surface area contributed by atoms with Gasteiger partial charge in [0, 0.05) is 18.0 Å². The zero-order valence-corrected chi connectivity index (χ0v) is 14.5. The highest BCUT2D eigenvalue weighted by molar-refractivity contribution is 5.97. The first-order valence-corrected chi connectivity index (χ1v) is 8.29. The van der Waals surface area contributed by atoms with Crippen LogP contribution in [0.25, 0.3) is 0 Å². The zero-order valence-electron chi connectivity index (χ0n) is 14.5. The third-order valence-electron chi connectivity index (χ3n) is 3.42. The minimum atomic E-state index is -0.283. The number of para-hydroxylation sites is 1. The number of benzene rings is 2. The molecule has 0 radical (unpaired) electrons. The van der Waals surface area contributed by atoms with Gasteiger partial charge in [0.05, 0.1) is 11.9 Å². The van der Waals surface area contributed by atoms with Crippen molar-refractivity contribution in [2.24, 2.45) is 10.7 Å². The van der Waals surface area contributed by atoms with Gasteiger partial charge in [0.1, 0.15) is 18.0 Å². The largest absolute Gasteiger partial charge is 0.457 e. The molecule has 0 saturated heterocycles. The van der Waals surface area contributed by atoms with E-state index in [0.29, 0.717) is 17.1 Å². The average Bonchev–Trinajstić information content (AvgIpc) is 2.68. The van der Waals surface area contributed by atoms with E-state index in [4.69, 9.17) is 10.5 Å². The van der Waals surface area contributed by atoms with Crippen molar-refractivity contribution in [1.29, 1.82) is 0 Å². The van der Waals surface area contributed by atoms with Crippen LogP contribution in [-0.2, 0) is 4.79 Å². The molecule has 0 aliphatic heterocycles. The lowest BCUT2D eigenvalue weighted by Gasteiger charge is -2.09. The Kier molecular flexibility index (Phi) is 5.98. The number of ether oxygens (including phenoxy) is 1. The summed E-state index contributed by atoms with van der Waals surface area (Å²) in [5.41, 5.74) is 7.17. The van der Waals surface area contributed by atoms with Crippen molar-refractivity contribution < 1.29 is 9.53 Å². The molecule has 1 aromatic heterocycles. The van der Waals surface area contributed by atoms with Crippen LogP contribution in [0.5, 0.6) is 11.5 Å². The Morgan fingerprint density at radius 3 is 2.52 bits per heavy atom. The van der Waals surface area contributed by atoms with E-state index in [9.17, 15) is 4.79 Å². The molecule has 0 fully saturated rings. The monoisotopic (exact) mass is 361 g/mol. The number of aliphatic imine (C=N–C) groups is 1. The van der Waals surface area contributed by atoms with Gasteiger partial charge in [0.25, 0.3) is 0 Å². The van der Waals surface area contributed by atoms with Gasteiger partial charge in [-0.2, -0.15) is 0 Å². The molecule has 2 aromatic carbocycles. The number of pyridine rings is 1. The Morgan fingerprint density at radius 1 is 0.963 bits per heavy atom. The predicted molar refractivity (Wildman–Crippen MR) is 106 cm³/mol. The predicted octanol–water partition coefficient (Wildman–Crippen LogP) is 3.24. The van der Waals surface area contributed by atoms with Crippen molar-refractivity contribution in [2.75, 3.05) is 17.2 Å². The number of guanidine groups is 1. The van der Waals surface area contributed by atoms with Crippen molar-refractivity contribution >= 4 is 23.2 Å². The number of rotatable bonds is 6. The maximum Gasteiger partial charge on any atom is 0.246 e. The van der Waals surface area contributed by atoms with E-state index in [1.54, 1.807) is 30.6 Å². The van der Waals surface area contributed by atoms with E-state index in [2.05, 4.69) is 20.6 Å². The summed E-state index contributed by atoms with van der Waals surface area (Å²) in [4.78, 5) is 19.8. The van der Waals surface area contributed by atoms with Gasteiger partial charge in [-0.3, -0.25) is 9.78 Å². The maximum absolute atomic E-state index is 11.9. The number of nitrogens with one attached hydrogen (secondary N) is 2. The third-order valence-corrected chi connectivity index (χ3v) is 3.42. The second kappa shape index (κ2) is 9.00. The van der Waals surface area contributed by atoms with Crippen LogP contribution in [0.3, 0.4) is 0 Å². The third kappa shape index (κ3) is 5.86. The summed E-state index contributed by atoms with van der Waals surface area (Å²) >= 11 is 0. The summed E-state index contributed by atoms with van der Waals surface area (Å²) in [5, 5.41) is 5.63. The van der Waals surface area contributed by atoms with E-state index < -0.39 is 0 Å². The Morgan fingerprint density at radius 2 is 1.74 bits per heavy atom. The first kappa shape index (κ1) is 17.9. The highest BCUT2D eigenvalue weighted by Gasteiger charge is 2.03. The molecule has 7 heteroatoms. The summed E-state index contributed by atoms with van der Waals surface area (Å²) in [6.07, 6.45) is 3.19. The molecule has 27 heavy (non-hydrogen) atoms. The summed E-state index contributed by atoms with van der Waals surface area (Å²) in [5.74, 6) is 1.25. The molecule has 3 rings (SSSR count). The Bertz CT molecular complexity index is 914. The zero-order chi connectivity index (χ0) is 18.9. The molecule has 136 valence electrons. The van der Waals surface area contributed by atoms with Crippen LogP contribution in [-0.4, -0.2) is 23.4 Å². The summed E-state index contributed by atoms with van der Waals surface area (Å²) in [6.45, 7) is -0.103. The lowest BCUT2D eigenvalue weighted by atomic mass is 10.3. The normalized spacial score (nSPS) is 10.9. The van der Waals surface area contributed by atoms with E-state index in [1.807, 2.05) is 48.5 Å². The van der Waals surface area contributed by atoms with Crippen molar-refractivity contribution in [3.63, 3.8) is 0 Å². The van der Waals surface area contributed by atoms with Crippen LogP contribution in [0.1, 0.15) is 0 Å². The van der Waals surface area contributed by atoms with Crippen molar-refractivity contribution in [3.05, 3.63) is 79.1 Å². The molecule has 3 aromatic rings. The fraction of sp³-hybridized carbons (Fsp3) is 0.0500. The van der Waals surface area contributed by atoms with E-state index >= 15 is 0 Å². The molecular weight excluding hydrogens is 342 g/mol. The summed E-state index contributed by atoms with van der Waals surface area (Å²) in [7, 11) is 0. The second-order valence-electron chi connectivity index (χ2n) is 5.56. The standard InChI is InChI=1S/C20H19N5O2/c21-20(23-14-19(26)24-16-7-5-11-22-13-16)25-15-6-4-10-18(12-15)27-17-8-2-1-3-9-17/h1-13H,14H2,(H,24,26)(H3,21,23,25). The van der Waals surface area contributed by atoms with Crippen LogP contribution in [0, 0.1) is 0 Å². The first-order valence-electron chi connectivity index (χ1n) is 8.29. The Labute approximate surface area is 156 Å². The first-order chi connectivity index (χ1) is 13.2. The van der Waals surface area contributed by atoms with E-state index in [-0.39, 0.29) is 18.4 Å². The van der Waals surface area contributed by atoms with E-state index in [1.165, 1.54) is 0 Å². The number of anilines is 2. The molecule has 0 saturated carbocycles. The molecule has 0 atom stereocenters. The van der Waals surface area contributed by atoms with Crippen molar-refractivity contribution in [1.82, 2.24) is 4.98 Å². The van der Waals surface area contributed by atoms with Crippen molar-refractivity contribution in [2.45, 2.75) is 0 Å². The number of carbonyl (C=O) groups is 1. The van der Waals surface area contributed by atoms with Crippen LogP contribution < -0.4 is 21.1 Å². The number of hydrogen-bond acceptors (Lipinski definition) is 4. The molecule has 1 amide bonds. The molecule has 0 aliphatic carbocycles. The highest BCUT2D eigenvalue weighted by atomic mass is 16.5. The number of aromatic nitrogens is 1. The average molecular weight is 361 g/mol. The van der Waals surface area contributed by atoms with Gasteiger partial charge in [-0.15, -0.1) is 0 Å². The fourth-order valence-electron chi connectivity index (χ4n) is 2.24. The Hall–Kier alpha value is -3.87. The second-order valence-corrected chi connectivity index (χ2v) is 5.56. The summed E-state index contributed by atoms with van der Waals surface area (Å²) in [6, 6.07) is 20.3. The van der Waals surface area contributed by atoms with Crippen LogP contribution in [0.4, 0.5) is 11.4 Å². The number of nitrogens with zero attached hydrogens (tertiary/aromatic N) is 2. The number of carbonyl (C=O) groups excluding carboxylic acids is 1. The number of hydrogen-bond donors (Lipinski definition) is 3. The Balaban J connectivity index is 1.55. The minimum absolute atomic E-state index is 0.103. The van der Waals surface area contributed by atoms with Gasteiger partial charge in [0.2, 0.25) is 5.91 Å². The minimum Gasteiger partial charge on any atom is -0.457 e. The van der Waals surface area contributed by atoms with Crippen molar-refractivity contribution in [3.8, 4) is 11.5 Å². The number of amides is 1. The molecule has 0 aliphatic rings. The molecule has 7 nitrogen and oxygen atoms in total. The van der Waals surface area contributed by atoms with Crippen LogP contribution >= 0.6 is 0 Å². The fourth-order valence-corrected chi connectivity index (χ4v) is 2.24. The SMILES string of the molecule is NC(=NCC(=O)Nc1cccnc1)Nc1cccc(Oc2ccccc2)c1. The van der Waals surface area contributed by atoms with Gasteiger partial charge >= 0.3 is 0 Å². The molecule has 0 spiro atoms. The summed E-state index contributed by atoms with van der Waals surface area (Å²) < 4.78 is 5.77. The van der Waals surface area contributed by atoms with Gasteiger partial charge in [-0.25, -0.2) is 4.99 Å². The molecule has 4 N–H and O–H groups in total. The topological polar surface area (TPSA) is 102 Å². The smallest absolute Gasteiger partial charge is 0.246 e. The van der Waals surface area contributed by atoms with Gasteiger partial charge in [0.15, 0.2) is 5.96 Å². The van der Waals surface area contributed by atoms with Gasteiger partial charge in [-0.05, 0) is 36.4 Å². The molecular formula is C20H19N5O2. The molecule has 0 unspecified atom stereocenters. The maximum atomic E-state index is 11.9. The molecule has 0 bridgehead atoms. The van der Waals surface area contributed by atoms with Crippen LogP contribution in [0.2, 0.25) is 0 Å². The quantitative estimate of drug-likeness (QED) is 0.462.